The molecule has 1 aliphatic rings. The van der Waals surface area contributed by atoms with Gasteiger partial charge in [0.05, 0.1) is 6.61 Å². The molecule has 7 heteroatoms. The van der Waals surface area contributed by atoms with Gasteiger partial charge in [-0.3, -0.25) is 4.79 Å². The number of nitrogens with one attached hydrogen (secondary N) is 1. The minimum absolute atomic E-state index is 0.00921. The number of carbonyl (C=O) groups excluding carboxylic acids is 1. The summed E-state index contributed by atoms with van der Waals surface area (Å²) in [6.45, 7) is 1.49. The van der Waals surface area contributed by atoms with Crippen molar-refractivity contribution in [2.45, 2.75) is 44.1 Å². The van der Waals surface area contributed by atoms with E-state index < -0.39 is 30.7 Å². The van der Waals surface area contributed by atoms with Gasteiger partial charge in [0.25, 0.3) is 0 Å². The second-order valence-electron chi connectivity index (χ2n) is 4.28. The predicted molar refractivity (Wildman–Crippen MR) is 64.8 cm³/mol. The molecule has 0 radical (unpaired) electrons. The Balaban J connectivity index is 2.57. The van der Waals surface area contributed by atoms with Crippen LogP contribution in [0, 0.1) is 12.3 Å². The summed E-state index contributed by atoms with van der Waals surface area (Å²) in [6.07, 6.45) is -0.652. The lowest BCUT2D eigenvalue weighted by Crippen LogP contribution is -2.60. The van der Waals surface area contributed by atoms with Crippen molar-refractivity contribution < 1.29 is 29.6 Å². The number of carbonyl (C=O) groups is 1. The molecule has 5 atom stereocenters. The van der Waals surface area contributed by atoms with Crippen molar-refractivity contribution in [1.29, 1.82) is 0 Å². The topological polar surface area (TPSA) is 108 Å². The fourth-order valence-electron chi connectivity index (χ4n) is 1.70. The van der Waals surface area contributed by atoms with E-state index in [1.807, 2.05) is 0 Å². The summed E-state index contributed by atoms with van der Waals surface area (Å²) >= 11 is 0. The van der Waals surface area contributed by atoms with E-state index in [1.165, 1.54) is 6.92 Å². The second-order valence-corrected chi connectivity index (χ2v) is 4.28. The van der Waals surface area contributed by atoms with E-state index in [0.29, 0.717) is 6.42 Å². The minimum Gasteiger partial charge on any atom is -0.388 e. The molecule has 0 spiro atoms. The number of aliphatic hydroxyl groups excluding tert-OH is 3. The van der Waals surface area contributed by atoms with Crippen molar-refractivity contribution in [2.75, 3.05) is 13.2 Å². The Morgan fingerprint density at radius 3 is 2.63 bits per heavy atom. The maximum absolute atomic E-state index is 10.8. The van der Waals surface area contributed by atoms with E-state index >= 15 is 0 Å². The van der Waals surface area contributed by atoms with Gasteiger partial charge in [-0.2, -0.15) is 0 Å². The van der Waals surface area contributed by atoms with E-state index in [2.05, 4.69) is 11.2 Å². The van der Waals surface area contributed by atoms with Crippen molar-refractivity contribution in [2.24, 2.45) is 0 Å². The van der Waals surface area contributed by atoms with Crippen molar-refractivity contribution in [3.8, 4) is 12.3 Å². The average molecular weight is 273 g/mol. The highest BCUT2D eigenvalue weighted by Crippen LogP contribution is 2.21. The summed E-state index contributed by atoms with van der Waals surface area (Å²) in [5.74, 6) is 2.07. The fraction of sp³-hybridized carbons (Fsp3) is 0.750. The van der Waals surface area contributed by atoms with E-state index in [0.717, 1.165) is 0 Å². The molecular weight excluding hydrogens is 254 g/mol. The van der Waals surface area contributed by atoms with Crippen LogP contribution < -0.4 is 5.32 Å². The molecule has 0 bridgehead atoms. The second kappa shape index (κ2) is 7.43. The van der Waals surface area contributed by atoms with Gasteiger partial charge in [-0.25, -0.2) is 0 Å². The zero-order chi connectivity index (χ0) is 14.4. The summed E-state index contributed by atoms with van der Waals surface area (Å²) in [5.41, 5.74) is 0. The molecule has 1 unspecified atom stereocenters. The van der Waals surface area contributed by atoms with Gasteiger partial charge in [-0.15, -0.1) is 12.3 Å². The van der Waals surface area contributed by atoms with Crippen LogP contribution in [-0.4, -0.2) is 65.1 Å². The highest BCUT2D eigenvalue weighted by atomic mass is 16.7. The third-order valence-electron chi connectivity index (χ3n) is 2.75. The van der Waals surface area contributed by atoms with Crippen LogP contribution in [0.2, 0.25) is 0 Å². The van der Waals surface area contributed by atoms with Gasteiger partial charge >= 0.3 is 0 Å². The van der Waals surface area contributed by atoms with Crippen LogP contribution in [0.5, 0.6) is 0 Å². The summed E-state index contributed by atoms with van der Waals surface area (Å²) < 4.78 is 10.5. The van der Waals surface area contributed by atoms with Gasteiger partial charge in [-0.05, 0) is 0 Å². The molecule has 1 aliphatic heterocycles. The molecule has 0 aromatic heterocycles. The van der Waals surface area contributed by atoms with Gasteiger partial charge in [0.15, 0.2) is 6.29 Å². The van der Waals surface area contributed by atoms with E-state index in [9.17, 15) is 20.1 Å². The van der Waals surface area contributed by atoms with Crippen LogP contribution in [0.25, 0.3) is 0 Å². The molecule has 1 saturated heterocycles. The Morgan fingerprint density at radius 1 is 1.37 bits per heavy atom. The molecular formula is C12H19NO6. The summed E-state index contributed by atoms with van der Waals surface area (Å²) in [4.78, 5) is 10.8. The Morgan fingerprint density at radius 2 is 2.05 bits per heavy atom. The monoisotopic (exact) mass is 273 g/mol. The Labute approximate surface area is 111 Å². The number of hydrogen-bond donors (Lipinski definition) is 4. The quantitative estimate of drug-likeness (QED) is 0.340. The number of hydrogen-bond acceptors (Lipinski definition) is 6. The summed E-state index contributed by atoms with van der Waals surface area (Å²) in [7, 11) is 0. The van der Waals surface area contributed by atoms with Gasteiger partial charge in [0, 0.05) is 19.9 Å². The van der Waals surface area contributed by atoms with Gasteiger partial charge in [0.1, 0.15) is 24.4 Å². The molecule has 1 amide bonds. The van der Waals surface area contributed by atoms with E-state index in [-0.39, 0.29) is 19.1 Å². The zero-order valence-electron chi connectivity index (χ0n) is 10.7. The lowest BCUT2D eigenvalue weighted by atomic mass is 9.99. The molecule has 0 aromatic carbocycles. The third-order valence-corrected chi connectivity index (χ3v) is 2.75. The molecule has 0 aliphatic carbocycles. The number of amides is 1. The van der Waals surface area contributed by atoms with Crippen LogP contribution in [0.4, 0.5) is 0 Å². The molecule has 4 N–H and O–H groups in total. The molecule has 1 heterocycles. The predicted octanol–water partition coefficient (Wildman–Crippen LogP) is -2.03. The third kappa shape index (κ3) is 4.45. The highest BCUT2D eigenvalue weighted by Gasteiger charge is 2.44. The summed E-state index contributed by atoms with van der Waals surface area (Å²) in [6, 6.07) is 0. The number of ether oxygens (including phenoxy) is 2. The first-order valence-electron chi connectivity index (χ1n) is 5.96. The Hall–Kier alpha value is -1.17. The lowest BCUT2D eigenvalue weighted by Gasteiger charge is -2.40. The van der Waals surface area contributed by atoms with Crippen LogP contribution in [0.15, 0.2) is 0 Å². The molecule has 1 rings (SSSR count). The number of aliphatic hydroxyl groups is 3. The van der Waals surface area contributed by atoms with Crippen LogP contribution in [-0.2, 0) is 14.3 Å². The van der Waals surface area contributed by atoms with Gasteiger partial charge < -0.3 is 30.1 Å². The zero-order valence-corrected chi connectivity index (χ0v) is 10.7. The number of terminal acetylenes is 1. The molecule has 7 nitrogen and oxygen atoms in total. The van der Waals surface area contributed by atoms with Gasteiger partial charge in [0.2, 0.25) is 5.91 Å². The molecule has 0 aromatic rings. The van der Waals surface area contributed by atoms with Crippen molar-refractivity contribution >= 4 is 5.91 Å². The molecule has 0 saturated carbocycles. The molecule has 1 fully saturated rings. The first-order chi connectivity index (χ1) is 8.97. The fourth-order valence-corrected chi connectivity index (χ4v) is 1.70. The average Bonchev–Trinajstić information content (AvgIpc) is 2.37. The largest absolute Gasteiger partial charge is 0.388 e. The maximum atomic E-state index is 10.8. The van der Waals surface area contributed by atoms with Crippen LogP contribution in [0.3, 0.4) is 0 Å². The lowest BCUT2D eigenvalue weighted by molar-refractivity contribution is -0.294. The number of rotatable bonds is 5. The minimum atomic E-state index is -1.41. The van der Waals surface area contributed by atoms with Crippen LogP contribution in [0.1, 0.15) is 13.3 Å². The smallest absolute Gasteiger partial charge is 0.216 e. The van der Waals surface area contributed by atoms with E-state index in [1.54, 1.807) is 0 Å². The van der Waals surface area contributed by atoms with E-state index in [4.69, 9.17) is 15.9 Å². The van der Waals surface area contributed by atoms with Crippen molar-refractivity contribution in [1.82, 2.24) is 5.32 Å². The Kier molecular flexibility index (Phi) is 6.21. The van der Waals surface area contributed by atoms with Gasteiger partial charge in [-0.1, -0.05) is 0 Å². The normalized spacial score (nSPS) is 34.6. The SMILES string of the molecule is C#CCCOC1O[C@H](CNC(C)=O)[C@@H](O)[C@H](O)[C@@H]1O. The summed E-state index contributed by atoms with van der Waals surface area (Å²) in [5, 5.41) is 31.6. The Bertz CT molecular complexity index is 342. The highest BCUT2D eigenvalue weighted by molar-refractivity contribution is 5.72. The van der Waals surface area contributed by atoms with Crippen LogP contribution >= 0.6 is 0 Å². The van der Waals surface area contributed by atoms with Crippen molar-refractivity contribution in [3.63, 3.8) is 0 Å². The first kappa shape index (κ1) is 15.9. The maximum Gasteiger partial charge on any atom is 0.216 e. The standard InChI is InChI=1S/C12H19NO6/c1-3-4-5-18-12-11(17)10(16)9(15)8(19-12)6-13-7(2)14/h1,8-12,15-17H,4-6H2,2H3,(H,13,14)/t8-,9-,10+,11+,12?/m1/s1. The first-order valence-corrected chi connectivity index (χ1v) is 5.96. The molecule has 19 heavy (non-hydrogen) atoms. The molecule has 108 valence electrons. The van der Waals surface area contributed by atoms with Crippen molar-refractivity contribution in [3.05, 3.63) is 0 Å².